The Morgan fingerprint density at radius 1 is 1.43 bits per heavy atom. The summed E-state index contributed by atoms with van der Waals surface area (Å²) in [7, 11) is 0. The third kappa shape index (κ3) is 2.78. The third-order valence-corrected chi connectivity index (χ3v) is 3.95. The normalized spacial score (nSPS) is 11.0. The maximum Gasteiger partial charge on any atom is 0.247 e. The average Bonchev–Trinajstić information content (AvgIpc) is 2.94. The number of amides is 1. The van der Waals surface area contributed by atoms with Crippen LogP contribution in [-0.2, 0) is 11.3 Å². The van der Waals surface area contributed by atoms with Crippen molar-refractivity contribution in [1.29, 1.82) is 0 Å². The summed E-state index contributed by atoms with van der Waals surface area (Å²) in [5, 5.41) is 7.30. The second kappa shape index (κ2) is 5.25. The fourth-order valence-electron chi connectivity index (χ4n) is 2.10. The minimum absolute atomic E-state index is 0.109. The van der Waals surface area contributed by atoms with Crippen LogP contribution < -0.4 is 5.32 Å². The van der Waals surface area contributed by atoms with Gasteiger partial charge in [-0.1, -0.05) is 17.4 Å². The number of aromatic nitrogens is 3. The zero-order chi connectivity index (χ0) is 15.0. The lowest BCUT2D eigenvalue weighted by Crippen LogP contribution is -2.20. The molecule has 0 bridgehead atoms. The summed E-state index contributed by atoms with van der Waals surface area (Å²) in [5.74, 6) is -0.622. The van der Waals surface area contributed by atoms with Crippen LogP contribution in [-0.4, -0.2) is 20.7 Å². The molecule has 1 amide bonds. The number of aryl methyl sites for hydroxylation is 2. The second-order valence-corrected chi connectivity index (χ2v) is 5.77. The molecule has 108 valence electrons. The molecule has 0 radical (unpaired) electrons. The molecule has 0 spiro atoms. The highest BCUT2D eigenvalue weighted by Crippen LogP contribution is 2.27. The molecule has 0 unspecified atom stereocenters. The van der Waals surface area contributed by atoms with Crippen molar-refractivity contribution in [2.45, 2.75) is 20.4 Å². The SMILES string of the molecule is Cc1cc(C)n(CC(=O)Nc2nc3c(F)cccc3s2)n1. The van der Waals surface area contributed by atoms with Crippen molar-refractivity contribution in [3.63, 3.8) is 0 Å². The van der Waals surface area contributed by atoms with Crippen LogP contribution in [0.1, 0.15) is 11.4 Å². The lowest BCUT2D eigenvalue weighted by molar-refractivity contribution is -0.116. The van der Waals surface area contributed by atoms with E-state index >= 15 is 0 Å². The van der Waals surface area contributed by atoms with E-state index in [1.807, 2.05) is 19.9 Å². The summed E-state index contributed by atoms with van der Waals surface area (Å²) >= 11 is 1.25. The van der Waals surface area contributed by atoms with Gasteiger partial charge in [-0.3, -0.25) is 9.48 Å². The first kappa shape index (κ1) is 13.7. The van der Waals surface area contributed by atoms with Crippen molar-refractivity contribution in [3.05, 3.63) is 41.5 Å². The molecular formula is C14H13FN4OS. The molecular weight excluding hydrogens is 291 g/mol. The van der Waals surface area contributed by atoms with E-state index in [1.54, 1.807) is 16.8 Å². The molecule has 1 N–H and O–H groups in total. The Labute approximate surface area is 124 Å². The predicted octanol–water partition coefficient (Wildman–Crippen LogP) is 2.89. The fraction of sp³-hybridized carbons (Fsp3) is 0.214. The minimum Gasteiger partial charge on any atom is -0.300 e. The molecule has 2 aromatic heterocycles. The number of nitrogens with zero attached hydrogens (tertiary/aromatic N) is 3. The summed E-state index contributed by atoms with van der Waals surface area (Å²) in [6, 6.07) is 6.65. The van der Waals surface area contributed by atoms with Gasteiger partial charge in [0.25, 0.3) is 0 Å². The number of carbonyl (C=O) groups excluding carboxylic acids is 1. The maximum absolute atomic E-state index is 13.6. The number of rotatable bonds is 3. The van der Waals surface area contributed by atoms with Crippen LogP contribution in [0, 0.1) is 19.7 Å². The van der Waals surface area contributed by atoms with Crippen LogP contribution in [0.3, 0.4) is 0 Å². The number of hydrogen-bond acceptors (Lipinski definition) is 4. The monoisotopic (exact) mass is 304 g/mol. The van der Waals surface area contributed by atoms with E-state index in [0.29, 0.717) is 9.83 Å². The summed E-state index contributed by atoms with van der Waals surface area (Å²) in [5.41, 5.74) is 2.06. The zero-order valence-electron chi connectivity index (χ0n) is 11.6. The van der Waals surface area contributed by atoms with Gasteiger partial charge in [-0.15, -0.1) is 0 Å². The van der Waals surface area contributed by atoms with E-state index < -0.39 is 0 Å². The Morgan fingerprint density at radius 2 is 2.24 bits per heavy atom. The molecule has 3 rings (SSSR count). The number of thiazole rings is 1. The molecule has 2 heterocycles. The lowest BCUT2D eigenvalue weighted by atomic mass is 10.3. The topological polar surface area (TPSA) is 59.8 Å². The first-order chi connectivity index (χ1) is 10.0. The van der Waals surface area contributed by atoms with E-state index in [0.717, 1.165) is 11.4 Å². The van der Waals surface area contributed by atoms with E-state index in [1.165, 1.54) is 17.4 Å². The van der Waals surface area contributed by atoms with Crippen LogP contribution in [0.4, 0.5) is 9.52 Å². The smallest absolute Gasteiger partial charge is 0.247 e. The van der Waals surface area contributed by atoms with E-state index in [-0.39, 0.29) is 23.8 Å². The van der Waals surface area contributed by atoms with Gasteiger partial charge < -0.3 is 5.32 Å². The van der Waals surface area contributed by atoms with E-state index in [9.17, 15) is 9.18 Å². The van der Waals surface area contributed by atoms with Gasteiger partial charge >= 0.3 is 0 Å². The largest absolute Gasteiger partial charge is 0.300 e. The van der Waals surface area contributed by atoms with Gasteiger partial charge in [-0.2, -0.15) is 5.10 Å². The molecule has 0 aliphatic rings. The highest BCUT2D eigenvalue weighted by atomic mass is 32.1. The molecule has 0 fully saturated rings. The van der Waals surface area contributed by atoms with Crippen LogP contribution in [0.2, 0.25) is 0 Å². The number of benzene rings is 1. The number of para-hydroxylation sites is 1. The molecule has 0 atom stereocenters. The van der Waals surface area contributed by atoms with Crippen molar-refractivity contribution in [3.8, 4) is 0 Å². The number of carbonyl (C=O) groups is 1. The maximum atomic E-state index is 13.6. The summed E-state index contributed by atoms with van der Waals surface area (Å²) in [6.45, 7) is 3.87. The van der Waals surface area contributed by atoms with Gasteiger partial charge in [0.05, 0.1) is 10.4 Å². The molecule has 21 heavy (non-hydrogen) atoms. The van der Waals surface area contributed by atoms with Gasteiger partial charge in [0, 0.05) is 5.69 Å². The molecule has 0 saturated carbocycles. The number of nitrogens with one attached hydrogen (secondary N) is 1. The Kier molecular flexibility index (Phi) is 3.42. The molecule has 3 aromatic rings. The molecule has 1 aromatic carbocycles. The highest BCUT2D eigenvalue weighted by Gasteiger charge is 2.12. The Bertz CT molecular complexity index is 824. The van der Waals surface area contributed by atoms with Crippen molar-refractivity contribution < 1.29 is 9.18 Å². The molecule has 7 heteroatoms. The van der Waals surface area contributed by atoms with E-state index in [2.05, 4.69) is 15.4 Å². The van der Waals surface area contributed by atoms with Crippen molar-refractivity contribution in [2.75, 3.05) is 5.32 Å². The number of hydrogen-bond donors (Lipinski definition) is 1. The summed E-state index contributed by atoms with van der Waals surface area (Å²) < 4.78 is 15.9. The van der Waals surface area contributed by atoms with E-state index in [4.69, 9.17) is 0 Å². The third-order valence-electron chi connectivity index (χ3n) is 3.01. The standard InChI is InChI=1S/C14H13FN4OS/c1-8-6-9(2)19(18-8)7-12(20)16-14-17-13-10(15)4-3-5-11(13)21-14/h3-6H,7H2,1-2H3,(H,16,17,20). The number of halogens is 1. The average molecular weight is 304 g/mol. The fourth-order valence-corrected chi connectivity index (χ4v) is 2.99. The van der Waals surface area contributed by atoms with Crippen LogP contribution in [0.5, 0.6) is 0 Å². The molecule has 0 saturated heterocycles. The summed E-state index contributed by atoms with van der Waals surface area (Å²) in [6.07, 6.45) is 0. The van der Waals surface area contributed by atoms with Gasteiger partial charge in [-0.25, -0.2) is 9.37 Å². The Hall–Kier alpha value is -2.28. The van der Waals surface area contributed by atoms with Crippen molar-refractivity contribution >= 4 is 32.6 Å². The van der Waals surface area contributed by atoms with Crippen molar-refractivity contribution in [1.82, 2.24) is 14.8 Å². The van der Waals surface area contributed by atoms with Crippen molar-refractivity contribution in [2.24, 2.45) is 0 Å². The van der Waals surface area contributed by atoms with Crippen LogP contribution in [0.15, 0.2) is 24.3 Å². The van der Waals surface area contributed by atoms with Crippen LogP contribution in [0.25, 0.3) is 10.2 Å². The minimum atomic E-state index is -0.386. The number of anilines is 1. The first-order valence-electron chi connectivity index (χ1n) is 6.39. The molecule has 5 nitrogen and oxygen atoms in total. The lowest BCUT2D eigenvalue weighted by Gasteiger charge is -2.03. The van der Waals surface area contributed by atoms with Gasteiger partial charge in [-0.05, 0) is 32.0 Å². The highest BCUT2D eigenvalue weighted by molar-refractivity contribution is 7.22. The van der Waals surface area contributed by atoms with Gasteiger partial charge in [0.2, 0.25) is 5.91 Å². The zero-order valence-corrected chi connectivity index (χ0v) is 12.4. The predicted molar refractivity (Wildman–Crippen MR) is 79.9 cm³/mol. The molecule has 0 aliphatic carbocycles. The van der Waals surface area contributed by atoms with Crippen LogP contribution >= 0.6 is 11.3 Å². The first-order valence-corrected chi connectivity index (χ1v) is 7.20. The summed E-state index contributed by atoms with van der Waals surface area (Å²) in [4.78, 5) is 16.1. The Balaban J connectivity index is 1.77. The second-order valence-electron chi connectivity index (χ2n) is 4.74. The van der Waals surface area contributed by atoms with Gasteiger partial charge in [0.1, 0.15) is 17.9 Å². The number of fused-ring (bicyclic) bond motifs is 1. The Morgan fingerprint density at radius 3 is 2.90 bits per heavy atom. The quantitative estimate of drug-likeness (QED) is 0.809. The van der Waals surface area contributed by atoms with Gasteiger partial charge in [0.15, 0.2) is 5.13 Å². The molecule has 0 aliphatic heterocycles.